The minimum atomic E-state index is -0.269. The molecular formula is C22H19FN6OS. The molecule has 5 aromatic rings. The second-order valence-electron chi connectivity index (χ2n) is 7.46. The van der Waals surface area contributed by atoms with Crippen molar-refractivity contribution in [1.29, 1.82) is 0 Å². The van der Waals surface area contributed by atoms with Crippen molar-refractivity contribution in [3.8, 4) is 0 Å². The fourth-order valence-corrected chi connectivity index (χ4v) is 4.72. The third-order valence-electron chi connectivity index (χ3n) is 5.20. The molecule has 9 heteroatoms. The third kappa shape index (κ3) is 3.46. The van der Waals surface area contributed by atoms with Crippen molar-refractivity contribution in [2.24, 2.45) is 7.05 Å². The third-order valence-corrected chi connectivity index (χ3v) is 6.34. The quantitative estimate of drug-likeness (QED) is 0.454. The second kappa shape index (κ2) is 7.28. The molecule has 1 aromatic carbocycles. The molecule has 31 heavy (non-hydrogen) atoms. The monoisotopic (exact) mass is 434 g/mol. The van der Waals surface area contributed by atoms with Crippen molar-refractivity contribution in [3.63, 3.8) is 0 Å². The van der Waals surface area contributed by atoms with Crippen LogP contribution in [0.3, 0.4) is 0 Å². The van der Waals surface area contributed by atoms with Gasteiger partial charge in [0.05, 0.1) is 34.7 Å². The summed E-state index contributed by atoms with van der Waals surface area (Å²) in [6.45, 7) is 4.34. The summed E-state index contributed by atoms with van der Waals surface area (Å²) < 4.78 is 16.8. The van der Waals surface area contributed by atoms with Crippen LogP contribution in [0.4, 0.5) is 10.1 Å². The average Bonchev–Trinajstić information content (AvgIpc) is 3.39. The number of carbonyl (C=O) groups excluding carboxylic acids is 1. The summed E-state index contributed by atoms with van der Waals surface area (Å²) in [6.07, 6.45) is 1.64. The van der Waals surface area contributed by atoms with E-state index in [-0.39, 0.29) is 11.7 Å². The summed E-state index contributed by atoms with van der Waals surface area (Å²) in [4.78, 5) is 18.8. The van der Waals surface area contributed by atoms with Gasteiger partial charge in [0.25, 0.3) is 5.91 Å². The first-order valence-corrected chi connectivity index (χ1v) is 10.5. The number of aryl methyl sites for hydroxylation is 3. The van der Waals surface area contributed by atoms with Gasteiger partial charge in [0, 0.05) is 17.8 Å². The van der Waals surface area contributed by atoms with Gasteiger partial charge in [-0.3, -0.25) is 14.2 Å². The van der Waals surface area contributed by atoms with Crippen LogP contribution in [0.1, 0.15) is 26.6 Å². The number of nitrogens with zero attached hydrogens (tertiary/aromatic N) is 5. The van der Waals surface area contributed by atoms with Crippen molar-refractivity contribution in [2.45, 2.75) is 20.4 Å². The minimum Gasteiger partial charge on any atom is -0.320 e. The summed E-state index contributed by atoms with van der Waals surface area (Å²) in [5.74, 6) is -0.466. The number of carbonyl (C=O) groups is 1. The molecule has 0 aliphatic rings. The first-order valence-electron chi connectivity index (χ1n) is 9.71. The van der Waals surface area contributed by atoms with E-state index >= 15 is 0 Å². The van der Waals surface area contributed by atoms with Crippen LogP contribution in [-0.2, 0) is 13.6 Å². The molecule has 0 bridgehead atoms. The molecule has 0 spiro atoms. The maximum absolute atomic E-state index is 13.2. The van der Waals surface area contributed by atoms with Gasteiger partial charge in [0.2, 0.25) is 0 Å². The van der Waals surface area contributed by atoms with Gasteiger partial charge in [-0.1, -0.05) is 12.1 Å². The van der Waals surface area contributed by atoms with Crippen LogP contribution in [0, 0.1) is 19.7 Å². The smallest absolute Gasteiger partial charge is 0.265 e. The van der Waals surface area contributed by atoms with E-state index in [4.69, 9.17) is 0 Å². The standard InChI is InChI=1S/C22H19FN6OS/c1-12-17-8-16(10-24-20(17)28(3)26-12)25-21(30)19-9-18-13(2)27-29(22(18)31-19)11-14-4-6-15(23)7-5-14/h4-10H,11H2,1-3H3,(H,25,30). The number of hydrogen-bond acceptors (Lipinski definition) is 5. The maximum Gasteiger partial charge on any atom is 0.265 e. The van der Waals surface area contributed by atoms with E-state index in [1.165, 1.54) is 23.5 Å². The molecule has 7 nitrogen and oxygen atoms in total. The first-order chi connectivity index (χ1) is 14.9. The zero-order valence-corrected chi connectivity index (χ0v) is 18.0. The molecule has 1 N–H and O–H groups in total. The molecule has 0 aliphatic carbocycles. The van der Waals surface area contributed by atoms with Crippen LogP contribution in [0.2, 0.25) is 0 Å². The van der Waals surface area contributed by atoms with Gasteiger partial charge in [0.15, 0.2) is 5.65 Å². The number of rotatable bonds is 4. The molecule has 0 atom stereocenters. The Kier molecular flexibility index (Phi) is 4.55. The Hall–Kier alpha value is -3.59. The molecule has 4 heterocycles. The van der Waals surface area contributed by atoms with E-state index in [0.717, 1.165) is 38.2 Å². The van der Waals surface area contributed by atoms with Crippen LogP contribution in [0.25, 0.3) is 21.3 Å². The van der Waals surface area contributed by atoms with Gasteiger partial charge in [-0.15, -0.1) is 11.3 Å². The van der Waals surface area contributed by atoms with Crippen LogP contribution in [0.15, 0.2) is 42.6 Å². The molecular weight excluding hydrogens is 415 g/mol. The van der Waals surface area contributed by atoms with E-state index in [1.54, 1.807) is 23.0 Å². The van der Waals surface area contributed by atoms with Gasteiger partial charge in [-0.2, -0.15) is 10.2 Å². The number of pyridine rings is 1. The molecule has 0 unspecified atom stereocenters. The molecule has 4 aromatic heterocycles. The Bertz CT molecular complexity index is 1450. The Morgan fingerprint density at radius 2 is 1.84 bits per heavy atom. The zero-order valence-electron chi connectivity index (χ0n) is 17.2. The Morgan fingerprint density at radius 1 is 1.10 bits per heavy atom. The normalized spacial score (nSPS) is 11.5. The minimum absolute atomic E-state index is 0.198. The molecule has 0 saturated heterocycles. The highest BCUT2D eigenvalue weighted by molar-refractivity contribution is 7.20. The van der Waals surface area contributed by atoms with Gasteiger partial charge in [0.1, 0.15) is 10.6 Å². The van der Waals surface area contributed by atoms with Gasteiger partial charge < -0.3 is 5.32 Å². The Labute approximate surface area is 181 Å². The molecule has 1 amide bonds. The van der Waals surface area contributed by atoms with Crippen LogP contribution >= 0.6 is 11.3 Å². The van der Waals surface area contributed by atoms with E-state index in [0.29, 0.717) is 17.1 Å². The number of aromatic nitrogens is 5. The lowest BCUT2D eigenvalue weighted by atomic mass is 10.2. The molecule has 0 saturated carbocycles. The lowest BCUT2D eigenvalue weighted by molar-refractivity contribution is 0.103. The lowest BCUT2D eigenvalue weighted by Crippen LogP contribution is -2.10. The fraction of sp³-hybridized carbons (Fsp3) is 0.182. The van der Waals surface area contributed by atoms with E-state index in [2.05, 4.69) is 20.5 Å². The van der Waals surface area contributed by atoms with Crippen molar-refractivity contribution in [2.75, 3.05) is 5.32 Å². The summed E-state index contributed by atoms with van der Waals surface area (Å²) >= 11 is 1.38. The predicted molar refractivity (Wildman–Crippen MR) is 119 cm³/mol. The summed E-state index contributed by atoms with van der Waals surface area (Å²) in [7, 11) is 1.84. The number of benzene rings is 1. The summed E-state index contributed by atoms with van der Waals surface area (Å²) in [5.41, 5.74) is 4.04. The number of halogens is 1. The highest BCUT2D eigenvalue weighted by Crippen LogP contribution is 2.30. The summed E-state index contributed by atoms with van der Waals surface area (Å²) in [6, 6.07) is 10.1. The lowest BCUT2D eigenvalue weighted by Gasteiger charge is -2.04. The molecule has 0 aliphatic heterocycles. The number of nitrogens with one attached hydrogen (secondary N) is 1. The highest BCUT2D eigenvalue weighted by atomic mass is 32.1. The van der Waals surface area contributed by atoms with E-state index in [9.17, 15) is 9.18 Å². The molecule has 0 fully saturated rings. The number of hydrogen-bond donors (Lipinski definition) is 1. The highest BCUT2D eigenvalue weighted by Gasteiger charge is 2.17. The fourth-order valence-electron chi connectivity index (χ4n) is 3.66. The van der Waals surface area contributed by atoms with E-state index < -0.39 is 0 Å². The van der Waals surface area contributed by atoms with E-state index in [1.807, 2.05) is 37.7 Å². The number of amides is 1. The molecule has 156 valence electrons. The molecule has 5 rings (SSSR count). The SMILES string of the molecule is Cc1nn(C)c2ncc(NC(=O)c3cc4c(C)nn(Cc5ccc(F)cc5)c4s3)cc12. The maximum atomic E-state index is 13.2. The first kappa shape index (κ1) is 19.4. The van der Waals surface area contributed by atoms with Crippen LogP contribution in [0.5, 0.6) is 0 Å². The van der Waals surface area contributed by atoms with Crippen molar-refractivity contribution in [1.82, 2.24) is 24.5 Å². The Morgan fingerprint density at radius 3 is 2.61 bits per heavy atom. The largest absolute Gasteiger partial charge is 0.320 e. The Balaban J connectivity index is 1.43. The number of anilines is 1. The molecule has 0 radical (unpaired) electrons. The van der Waals surface area contributed by atoms with Crippen molar-refractivity contribution >= 4 is 44.2 Å². The van der Waals surface area contributed by atoms with Gasteiger partial charge in [-0.25, -0.2) is 9.37 Å². The second-order valence-corrected chi connectivity index (χ2v) is 8.49. The van der Waals surface area contributed by atoms with Crippen molar-refractivity contribution in [3.05, 3.63) is 70.2 Å². The average molecular weight is 435 g/mol. The van der Waals surface area contributed by atoms with Crippen molar-refractivity contribution < 1.29 is 9.18 Å². The predicted octanol–water partition coefficient (Wildman–Crippen LogP) is 4.44. The number of fused-ring (bicyclic) bond motifs is 2. The summed E-state index contributed by atoms with van der Waals surface area (Å²) in [5, 5.41) is 13.7. The zero-order chi connectivity index (χ0) is 21.7. The van der Waals surface area contributed by atoms with Crippen LogP contribution < -0.4 is 5.32 Å². The van der Waals surface area contributed by atoms with Gasteiger partial charge >= 0.3 is 0 Å². The number of thiophene rings is 1. The van der Waals surface area contributed by atoms with Crippen LogP contribution in [-0.4, -0.2) is 30.5 Å². The van der Waals surface area contributed by atoms with Gasteiger partial charge in [-0.05, 0) is 43.7 Å². The topological polar surface area (TPSA) is 77.6 Å².